The molecule has 1 N–H and O–H groups in total. The highest BCUT2D eigenvalue weighted by atomic mass is 19.4. The second-order valence-corrected chi connectivity index (χ2v) is 8.31. The smallest absolute Gasteiger partial charge is 0.489 e. The highest BCUT2D eigenvalue weighted by Gasteiger charge is 2.37. The largest absolute Gasteiger partial charge is 0.489 e. The van der Waals surface area contributed by atoms with Gasteiger partial charge in [0.25, 0.3) is 0 Å². The first-order valence-electron chi connectivity index (χ1n) is 10.7. The molecule has 0 radical (unpaired) electrons. The van der Waals surface area contributed by atoms with E-state index in [2.05, 4.69) is 0 Å². The number of fused-ring (bicyclic) bond motifs is 3. The number of nitrogens with one attached hydrogen (secondary N) is 1. The van der Waals surface area contributed by atoms with E-state index < -0.39 is 6.30 Å². The van der Waals surface area contributed by atoms with Gasteiger partial charge in [-0.3, -0.25) is 9.98 Å². The van der Waals surface area contributed by atoms with Crippen molar-refractivity contribution in [3.8, 4) is 11.4 Å². The Bertz CT molecular complexity index is 1370. The average molecular weight is 452 g/mol. The first-order valence-corrected chi connectivity index (χ1v) is 10.7. The van der Waals surface area contributed by atoms with Crippen LogP contribution in [-0.2, 0) is 25.9 Å². The minimum atomic E-state index is -4.52. The Morgan fingerprint density at radius 1 is 1.03 bits per heavy atom. The molecule has 0 atom stereocenters. The summed E-state index contributed by atoms with van der Waals surface area (Å²) in [5.41, 5.74) is 2.80. The Morgan fingerprint density at radius 2 is 1.82 bits per heavy atom. The zero-order valence-corrected chi connectivity index (χ0v) is 18.1. The maximum Gasteiger partial charge on any atom is 0.489 e. The summed E-state index contributed by atoms with van der Waals surface area (Å²) in [7, 11) is 1.83. The lowest BCUT2D eigenvalue weighted by molar-refractivity contribution is -0.202. The summed E-state index contributed by atoms with van der Waals surface area (Å²) in [6.45, 7) is 1.35. The van der Waals surface area contributed by atoms with Crippen LogP contribution in [0, 0.1) is 5.41 Å². The van der Waals surface area contributed by atoms with Gasteiger partial charge in [0.05, 0.1) is 5.52 Å². The fourth-order valence-corrected chi connectivity index (χ4v) is 4.45. The Morgan fingerprint density at radius 3 is 2.55 bits per heavy atom. The maximum atomic E-state index is 14.0. The van der Waals surface area contributed by atoms with E-state index in [0.29, 0.717) is 40.1 Å². The molecule has 0 spiro atoms. The van der Waals surface area contributed by atoms with Gasteiger partial charge in [-0.2, -0.15) is 0 Å². The van der Waals surface area contributed by atoms with Crippen LogP contribution in [0.4, 0.5) is 13.2 Å². The van der Waals surface area contributed by atoms with Gasteiger partial charge < -0.3 is 14.2 Å². The predicted octanol–water partition coefficient (Wildman–Crippen LogP) is 4.95. The fourth-order valence-electron chi connectivity index (χ4n) is 4.45. The molecule has 1 aliphatic rings. The zero-order chi connectivity index (χ0) is 23.2. The van der Waals surface area contributed by atoms with Gasteiger partial charge in [-0.05, 0) is 42.8 Å². The molecule has 33 heavy (non-hydrogen) atoms. The second-order valence-electron chi connectivity index (χ2n) is 8.31. The SMILES string of the molecule is CN1CCc2c(n(C(F)(F)F)c3cc(-n4ccc(OCc5ccccc5)cc4=N)ccc23)C1. The van der Waals surface area contributed by atoms with Gasteiger partial charge >= 0.3 is 6.30 Å². The number of halogens is 3. The summed E-state index contributed by atoms with van der Waals surface area (Å²) in [4.78, 5) is 1.90. The third-order valence-electron chi connectivity index (χ3n) is 6.04. The Kier molecular flexibility index (Phi) is 5.25. The van der Waals surface area contributed by atoms with Crippen LogP contribution in [0.1, 0.15) is 16.8 Å². The van der Waals surface area contributed by atoms with Crippen molar-refractivity contribution in [2.24, 2.45) is 0 Å². The van der Waals surface area contributed by atoms with E-state index in [4.69, 9.17) is 10.1 Å². The molecule has 0 saturated carbocycles. The summed E-state index contributed by atoms with van der Waals surface area (Å²) in [5.74, 6) is 0.526. The maximum absolute atomic E-state index is 14.0. The number of hydrogen-bond donors (Lipinski definition) is 1. The molecule has 0 bridgehead atoms. The lowest BCUT2D eigenvalue weighted by Crippen LogP contribution is -2.30. The summed E-state index contributed by atoms with van der Waals surface area (Å²) in [6.07, 6.45) is -2.29. The molecule has 3 heterocycles. The third-order valence-corrected chi connectivity index (χ3v) is 6.04. The molecule has 8 heteroatoms. The molecule has 4 aromatic rings. The van der Waals surface area contributed by atoms with Crippen molar-refractivity contribution in [2.75, 3.05) is 13.6 Å². The van der Waals surface area contributed by atoms with Gasteiger partial charge in [-0.15, -0.1) is 13.2 Å². The molecule has 0 amide bonds. The minimum absolute atomic E-state index is 0.120. The van der Waals surface area contributed by atoms with Gasteiger partial charge in [0, 0.05) is 42.1 Å². The van der Waals surface area contributed by atoms with E-state index in [1.54, 1.807) is 35.0 Å². The average Bonchev–Trinajstić information content (AvgIpc) is 3.11. The minimum Gasteiger partial charge on any atom is -0.489 e. The molecule has 1 aliphatic heterocycles. The molecular weight excluding hydrogens is 429 g/mol. The molecule has 2 aromatic carbocycles. The fraction of sp³-hybridized carbons (Fsp3) is 0.240. The molecule has 0 fully saturated rings. The van der Waals surface area contributed by atoms with Crippen LogP contribution in [0.3, 0.4) is 0 Å². The topological polar surface area (TPSA) is 46.2 Å². The van der Waals surface area contributed by atoms with Crippen molar-refractivity contribution in [1.29, 1.82) is 5.41 Å². The van der Waals surface area contributed by atoms with E-state index in [1.165, 1.54) is 6.07 Å². The number of aromatic nitrogens is 2. The van der Waals surface area contributed by atoms with Gasteiger partial charge in [-0.1, -0.05) is 36.4 Å². The first-order chi connectivity index (χ1) is 15.8. The quantitative estimate of drug-likeness (QED) is 0.476. The van der Waals surface area contributed by atoms with E-state index in [0.717, 1.165) is 17.7 Å². The predicted molar refractivity (Wildman–Crippen MR) is 119 cm³/mol. The summed E-state index contributed by atoms with van der Waals surface area (Å²) < 4.78 is 49.9. The van der Waals surface area contributed by atoms with Crippen molar-refractivity contribution in [3.05, 3.63) is 89.2 Å². The standard InChI is InChI=1S/C25H23F3N4O/c1-30-11-10-21-20-8-7-18(13-22(20)32(23(21)15-30)25(26,27)28)31-12-9-19(14-24(31)29)33-16-17-5-3-2-4-6-17/h2-9,12-14,29H,10-11,15-16H2,1H3. The number of ether oxygens (including phenoxy) is 1. The monoisotopic (exact) mass is 452 g/mol. The number of benzene rings is 2. The normalized spacial score (nSPS) is 14.4. The number of likely N-dealkylation sites (N-methyl/N-ethyl adjacent to an activating group) is 1. The van der Waals surface area contributed by atoms with Crippen LogP contribution in [0.15, 0.2) is 66.9 Å². The van der Waals surface area contributed by atoms with Gasteiger partial charge in [-0.25, -0.2) is 0 Å². The van der Waals surface area contributed by atoms with Crippen molar-refractivity contribution in [2.45, 2.75) is 25.9 Å². The molecule has 5 rings (SSSR count). The zero-order valence-electron chi connectivity index (χ0n) is 18.1. The van der Waals surface area contributed by atoms with Crippen molar-refractivity contribution >= 4 is 10.9 Å². The van der Waals surface area contributed by atoms with Gasteiger partial charge in [0.15, 0.2) is 0 Å². The van der Waals surface area contributed by atoms with Crippen molar-refractivity contribution < 1.29 is 17.9 Å². The Labute approximate surface area is 188 Å². The molecule has 0 saturated heterocycles. The van der Waals surface area contributed by atoms with Crippen LogP contribution < -0.4 is 10.2 Å². The summed E-state index contributed by atoms with van der Waals surface area (Å²) in [6, 6.07) is 18.0. The molecule has 5 nitrogen and oxygen atoms in total. The van der Waals surface area contributed by atoms with Crippen molar-refractivity contribution in [3.63, 3.8) is 0 Å². The Hall–Kier alpha value is -3.52. The van der Waals surface area contributed by atoms with Gasteiger partial charge in [0.2, 0.25) is 0 Å². The third kappa shape index (κ3) is 4.02. The van der Waals surface area contributed by atoms with E-state index in [9.17, 15) is 13.2 Å². The van der Waals surface area contributed by atoms with Crippen LogP contribution in [0.25, 0.3) is 16.6 Å². The van der Waals surface area contributed by atoms with Gasteiger partial charge in [0.1, 0.15) is 17.8 Å². The van der Waals surface area contributed by atoms with Crippen LogP contribution >= 0.6 is 0 Å². The number of nitrogens with zero attached hydrogens (tertiary/aromatic N) is 3. The number of rotatable bonds is 4. The Balaban J connectivity index is 1.52. The summed E-state index contributed by atoms with van der Waals surface area (Å²) in [5, 5.41) is 9.04. The molecule has 0 aliphatic carbocycles. The van der Waals surface area contributed by atoms with Crippen LogP contribution in [-0.4, -0.2) is 27.6 Å². The highest BCUT2D eigenvalue weighted by Crippen LogP contribution is 2.38. The molecule has 0 unspecified atom stereocenters. The van der Waals surface area contributed by atoms with E-state index in [-0.39, 0.29) is 17.5 Å². The molecule has 2 aromatic heterocycles. The first kappa shape index (κ1) is 21.3. The van der Waals surface area contributed by atoms with Crippen molar-refractivity contribution in [1.82, 2.24) is 14.0 Å². The highest BCUT2D eigenvalue weighted by molar-refractivity contribution is 5.87. The number of alkyl halides is 3. The molecule has 170 valence electrons. The van der Waals surface area contributed by atoms with E-state index in [1.807, 2.05) is 42.3 Å². The van der Waals surface area contributed by atoms with Crippen LogP contribution in [0.2, 0.25) is 0 Å². The number of hydrogen-bond acceptors (Lipinski definition) is 3. The molecular formula is C25H23F3N4O. The number of pyridine rings is 1. The van der Waals surface area contributed by atoms with E-state index >= 15 is 0 Å². The lowest BCUT2D eigenvalue weighted by Gasteiger charge is -2.25. The lowest BCUT2D eigenvalue weighted by atomic mass is 10.0. The second kappa shape index (κ2) is 8.12. The van der Waals surface area contributed by atoms with Crippen LogP contribution in [0.5, 0.6) is 5.75 Å². The summed E-state index contributed by atoms with van der Waals surface area (Å²) >= 11 is 0.